The molecule has 3 unspecified atom stereocenters. The average molecular weight is 260 g/mol. The number of nitrogens with zero attached hydrogens (tertiary/aromatic N) is 1. The second kappa shape index (κ2) is 7.04. The SMILES string of the molecule is CC1CCC(C(C)C)C(NCCc2ccccn2)C1. The molecule has 0 saturated heterocycles. The lowest BCUT2D eigenvalue weighted by molar-refractivity contribution is 0.171. The third kappa shape index (κ3) is 4.31. The Kier molecular flexibility index (Phi) is 5.38. The lowest BCUT2D eigenvalue weighted by atomic mass is 9.74. The quantitative estimate of drug-likeness (QED) is 0.873. The highest BCUT2D eigenvalue weighted by atomic mass is 14.9. The molecule has 0 bridgehead atoms. The van der Waals surface area contributed by atoms with Crippen molar-refractivity contribution in [1.82, 2.24) is 10.3 Å². The van der Waals surface area contributed by atoms with E-state index < -0.39 is 0 Å². The van der Waals surface area contributed by atoms with Crippen LogP contribution in [0.4, 0.5) is 0 Å². The van der Waals surface area contributed by atoms with Gasteiger partial charge in [0.2, 0.25) is 0 Å². The molecule has 19 heavy (non-hydrogen) atoms. The lowest BCUT2D eigenvalue weighted by Crippen LogP contribution is -2.43. The van der Waals surface area contributed by atoms with Gasteiger partial charge in [-0.25, -0.2) is 0 Å². The van der Waals surface area contributed by atoms with E-state index in [1.54, 1.807) is 0 Å². The van der Waals surface area contributed by atoms with Crippen LogP contribution in [0.25, 0.3) is 0 Å². The van der Waals surface area contributed by atoms with Gasteiger partial charge in [0.05, 0.1) is 0 Å². The van der Waals surface area contributed by atoms with Crippen LogP contribution in [0, 0.1) is 17.8 Å². The van der Waals surface area contributed by atoms with Gasteiger partial charge in [-0.2, -0.15) is 0 Å². The normalized spacial score (nSPS) is 27.7. The standard InChI is InChI=1S/C17H28N2/c1-13(2)16-8-7-14(3)12-17(16)19-11-9-15-6-4-5-10-18-15/h4-6,10,13-14,16-17,19H,7-9,11-12H2,1-3H3. The Morgan fingerprint density at radius 2 is 2.16 bits per heavy atom. The summed E-state index contributed by atoms with van der Waals surface area (Å²) in [5, 5.41) is 3.79. The first-order valence-corrected chi connectivity index (χ1v) is 7.80. The molecule has 106 valence electrons. The summed E-state index contributed by atoms with van der Waals surface area (Å²) in [6, 6.07) is 6.87. The van der Waals surface area contributed by atoms with Crippen LogP contribution in [-0.4, -0.2) is 17.6 Å². The molecule has 0 aromatic carbocycles. The van der Waals surface area contributed by atoms with Crippen LogP contribution in [0.15, 0.2) is 24.4 Å². The van der Waals surface area contributed by atoms with Gasteiger partial charge in [-0.15, -0.1) is 0 Å². The molecule has 1 aromatic heterocycles. The maximum Gasteiger partial charge on any atom is 0.0416 e. The number of aromatic nitrogens is 1. The van der Waals surface area contributed by atoms with E-state index in [2.05, 4.69) is 43.2 Å². The minimum absolute atomic E-state index is 0.701. The van der Waals surface area contributed by atoms with E-state index in [1.165, 1.54) is 25.0 Å². The predicted octanol–water partition coefficient (Wildman–Crippen LogP) is 3.67. The predicted molar refractivity (Wildman–Crippen MR) is 81.1 cm³/mol. The van der Waals surface area contributed by atoms with Crippen molar-refractivity contribution < 1.29 is 0 Å². The number of pyridine rings is 1. The van der Waals surface area contributed by atoms with Crippen LogP contribution in [0.3, 0.4) is 0 Å². The topological polar surface area (TPSA) is 24.9 Å². The fourth-order valence-electron chi connectivity index (χ4n) is 3.37. The van der Waals surface area contributed by atoms with Crippen molar-refractivity contribution in [3.63, 3.8) is 0 Å². The van der Waals surface area contributed by atoms with Crippen molar-refractivity contribution in [1.29, 1.82) is 0 Å². The molecule has 1 aliphatic carbocycles. The van der Waals surface area contributed by atoms with Crippen molar-refractivity contribution in [3.05, 3.63) is 30.1 Å². The molecule has 0 aliphatic heterocycles. The van der Waals surface area contributed by atoms with Gasteiger partial charge in [0.15, 0.2) is 0 Å². The van der Waals surface area contributed by atoms with Crippen molar-refractivity contribution in [3.8, 4) is 0 Å². The second-order valence-corrected chi connectivity index (χ2v) is 6.46. The van der Waals surface area contributed by atoms with Crippen molar-refractivity contribution in [2.45, 2.75) is 52.5 Å². The van der Waals surface area contributed by atoms with E-state index in [9.17, 15) is 0 Å². The van der Waals surface area contributed by atoms with E-state index in [-0.39, 0.29) is 0 Å². The van der Waals surface area contributed by atoms with Crippen molar-refractivity contribution >= 4 is 0 Å². The van der Waals surface area contributed by atoms with E-state index in [0.717, 1.165) is 30.7 Å². The first-order chi connectivity index (χ1) is 9.16. The molecule has 1 saturated carbocycles. The van der Waals surface area contributed by atoms with Crippen LogP contribution in [0.2, 0.25) is 0 Å². The van der Waals surface area contributed by atoms with Crippen LogP contribution in [0.5, 0.6) is 0 Å². The fourth-order valence-corrected chi connectivity index (χ4v) is 3.37. The van der Waals surface area contributed by atoms with Gasteiger partial charge in [-0.05, 0) is 42.7 Å². The van der Waals surface area contributed by atoms with Crippen LogP contribution in [-0.2, 0) is 6.42 Å². The minimum Gasteiger partial charge on any atom is -0.313 e. The molecule has 2 heteroatoms. The van der Waals surface area contributed by atoms with Crippen molar-refractivity contribution in [2.24, 2.45) is 17.8 Å². The van der Waals surface area contributed by atoms with Crippen molar-refractivity contribution in [2.75, 3.05) is 6.54 Å². The molecule has 2 rings (SSSR count). The Bertz CT molecular complexity index is 361. The molecule has 0 amide bonds. The van der Waals surface area contributed by atoms with Gasteiger partial charge in [0, 0.05) is 30.9 Å². The van der Waals surface area contributed by atoms with Gasteiger partial charge >= 0.3 is 0 Å². The molecule has 0 radical (unpaired) electrons. The minimum atomic E-state index is 0.701. The molecule has 1 aliphatic rings. The summed E-state index contributed by atoms with van der Waals surface area (Å²) in [6.45, 7) is 8.18. The van der Waals surface area contributed by atoms with E-state index in [1.807, 2.05) is 12.3 Å². The monoisotopic (exact) mass is 260 g/mol. The number of rotatable bonds is 5. The molecule has 1 aromatic rings. The summed E-state index contributed by atoms with van der Waals surface area (Å²) in [5.74, 6) is 2.52. The molecule has 1 fully saturated rings. The Morgan fingerprint density at radius 3 is 2.84 bits per heavy atom. The third-order valence-corrected chi connectivity index (χ3v) is 4.54. The van der Waals surface area contributed by atoms with Crippen LogP contribution in [0.1, 0.15) is 45.7 Å². The summed E-state index contributed by atoms with van der Waals surface area (Å²) in [7, 11) is 0. The lowest BCUT2D eigenvalue weighted by Gasteiger charge is -2.38. The third-order valence-electron chi connectivity index (χ3n) is 4.54. The molecule has 0 spiro atoms. The van der Waals surface area contributed by atoms with Crippen LogP contribution < -0.4 is 5.32 Å². The average Bonchev–Trinajstić information content (AvgIpc) is 2.39. The smallest absolute Gasteiger partial charge is 0.0416 e. The molecule has 2 nitrogen and oxygen atoms in total. The highest BCUT2D eigenvalue weighted by Crippen LogP contribution is 2.33. The number of nitrogens with one attached hydrogen (secondary N) is 1. The highest BCUT2D eigenvalue weighted by molar-refractivity contribution is 5.03. The first kappa shape index (κ1) is 14.5. The molecule has 1 heterocycles. The Morgan fingerprint density at radius 1 is 1.32 bits per heavy atom. The molecular weight excluding hydrogens is 232 g/mol. The van der Waals surface area contributed by atoms with E-state index >= 15 is 0 Å². The number of hydrogen-bond acceptors (Lipinski definition) is 2. The Labute approximate surface area is 118 Å². The summed E-state index contributed by atoms with van der Waals surface area (Å²) < 4.78 is 0. The fraction of sp³-hybridized carbons (Fsp3) is 0.706. The van der Waals surface area contributed by atoms with Gasteiger partial charge in [0.25, 0.3) is 0 Å². The van der Waals surface area contributed by atoms with Gasteiger partial charge in [-0.3, -0.25) is 4.98 Å². The van der Waals surface area contributed by atoms with Gasteiger partial charge in [0.1, 0.15) is 0 Å². The van der Waals surface area contributed by atoms with Gasteiger partial charge < -0.3 is 5.32 Å². The molecular formula is C17H28N2. The Balaban J connectivity index is 1.82. The summed E-state index contributed by atoms with van der Waals surface area (Å²) in [5.41, 5.74) is 1.19. The van der Waals surface area contributed by atoms with E-state index in [4.69, 9.17) is 0 Å². The van der Waals surface area contributed by atoms with E-state index in [0.29, 0.717) is 6.04 Å². The summed E-state index contributed by atoms with van der Waals surface area (Å²) in [6.07, 6.45) is 7.05. The number of hydrogen-bond donors (Lipinski definition) is 1. The zero-order valence-electron chi connectivity index (χ0n) is 12.6. The highest BCUT2D eigenvalue weighted by Gasteiger charge is 2.29. The Hall–Kier alpha value is -0.890. The zero-order valence-corrected chi connectivity index (χ0v) is 12.6. The maximum absolute atomic E-state index is 4.39. The molecule has 1 N–H and O–H groups in total. The van der Waals surface area contributed by atoms with Crippen LogP contribution >= 0.6 is 0 Å². The maximum atomic E-state index is 4.39. The summed E-state index contributed by atoms with van der Waals surface area (Å²) >= 11 is 0. The summed E-state index contributed by atoms with van der Waals surface area (Å²) in [4.78, 5) is 4.39. The van der Waals surface area contributed by atoms with Gasteiger partial charge in [-0.1, -0.05) is 33.3 Å². The molecule has 3 atom stereocenters. The zero-order chi connectivity index (χ0) is 13.7. The first-order valence-electron chi connectivity index (χ1n) is 7.80. The largest absolute Gasteiger partial charge is 0.313 e. The second-order valence-electron chi connectivity index (χ2n) is 6.46.